The van der Waals surface area contributed by atoms with E-state index >= 15 is 0 Å². The molecule has 0 N–H and O–H groups in total. The number of ether oxygens (including phenoxy) is 1. The van der Waals surface area contributed by atoms with Gasteiger partial charge in [0.2, 0.25) is 0 Å². The smallest absolute Gasteiger partial charge is 0.185 e. The topological polar surface area (TPSA) is 29.5 Å². The molecule has 1 aliphatic heterocycles. The highest BCUT2D eigenvalue weighted by molar-refractivity contribution is 6.06. The molecule has 0 radical (unpaired) electrons. The molecule has 2 aromatic rings. The molecule has 3 rings (SSSR count). The maximum atomic E-state index is 12.3. The van der Waals surface area contributed by atoms with Crippen molar-refractivity contribution in [2.24, 2.45) is 0 Å². The number of nitrogens with zero attached hydrogens (tertiary/aromatic N) is 1. The highest BCUT2D eigenvalue weighted by atomic mass is 16.5. The predicted octanol–water partition coefficient (Wildman–Crippen LogP) is 4.58. The maximum absolute atomic E-state index is 12.3. The second-order valence-electron chi connectivity index (χ2n) is 6.50. The quantitative estimate of drug-likeness (QED) is 0.572. The Bertz CT molecular complexity index is 711. The van der Waals surface area contributed by atoms with E-state index < -0.39 is 0 Å². The van der Waals surface area contributed by atoms with E-state index in [1.807, 2.05) is 42.5 Å². The van der Waals surface area contributed by atoms with Crippen LogP contribution in [0.4, 0.5) is 0 Å². The van der Waals surface area contributed by atoms with E-state index in [9.17, 15) is 4.79 Å². The lowest BCUT2D eigenvalue weighted by Gasteiger charge is -2.26. The number of piperidine rings is 1. The zero-order valence-corrected chi connectivity index (χ0v) is 14.8. The van der Waals surface area contributed by atoms with Gasteiger partial charge in [0.1, 0.15) is 5.75 Å². The molecule has 3 nitrogen and oxygen atoms in total. The zero-order chi connectivity index (χ0) is 17.5. The van der Waals surface area contributed by atoms with Gasteiger partial charge in [-0.3, -0.25) is 9.69 Å². The van der Waals surface area contributed by atoms with E-state index in [1.165, 1.54) is 37.9 Å². The van der Waals surface area contributed by atoms with Gasteiger partial charge in [-0.1, -0.05) is 48.9 Å². The SMILES string of the molecule is COc1ccc(/C=C/C(=O)c2ccc(CN3CCCCC3)cc2)cc1. The molecule has 1 heterocycles. The van der Waals surface area contributed by atoms with Crippen LogP contribution in [-0.4, -0.2) is 30.9 Å². The molecule has 0 amide bonds. The number of carbonyl (C=O) groups excluding carboxylic acids is 1. The number of benzene rings is 2. The zero-order valence-electron chi connectivity index (χ0n) is 14.8. The molecule has 0 saturated carbocycles. The summed E-state index contributed by atoms with van der Waals surface area (Å²) in [5.74, 6) is 0.841. The van der Waals surface area contributed by atoms with Crippen molar-refractivity contribution in [3.05, 3.63) is 71.3 Å². The lowest BCUT2D eigenvalue weighted by Crippen LogP contribution is -2.29. The highest BCUT2D eigenvalue weighted by Gasteiger charge is 2.10. The fraction of sp³-hybridized carbons (Fsp3) is 0.318. The molecule has 2 aromatic carbocycles. The Morgan fingerprint density at radius 2 is 1.68 bits per heavy atom. The van der Waals surface area contributed by atoms with Crippen LogP contribution < -0.4 is 4.74 Å². The van der Waals surface area contributed by atoms with Gasteiger partial charge in [0.15, 0.2) is 5.78 Å². The van der Waals surface area contributed by atoms with Gasteiger partial charge in [-0.2, -0.15) is 0 Å². The molecule has 1 aliphatic rings. The monoisotopic (exact) mass is 335 g/mol. The van der Waals surface area contributed by atoms with Crippen LogP contribution in [0.3, 0.4) is 0 Å². The van der Waals surface area contributed by atoms with E-state index in [-0.39, 0.29) is 5.78 Å². The van der Waals surface area contributed by atoms with Crippen LogP contribution in [0, 0.1) is 0 Å². The van der Waals surface area contributed by atoms with Gasteiger partial charge in [-0.15, -0.1) is 0 Å². The third-order valence-corrected chi connectivity index (χ3v) is 4.64. The Morgan fingerprint density at radius 3 is 2.32 bits per heavy atom. The van der Waals surface area contributed by atoms with E-state index in [4.69, 9.17) is 4.74 Å². The molecule has 0 spiro atoms. The summed E-state index contributed by atoms with van der Waals surface area (Å²) in [4.78, 5) is 14.8. The van der Waals surface area contributed by atoms with Crippen LogP contribution in [0.1, 0.15) is 40.7 Å². The van der Waals surface area contributed by atoms with E-state index in [0.29, 0.717) is 0 Å². The summed E-state index contributed by atoms with van der Waals surface area (Å²) in [6.07, 6.45) is 7.41. The second kappa shape index (κ2) is 8.63. The van der Waals surface area contributed by atoms with Crippen molar-refractivity contribution >= 4 is 11.9 Å². The number of likely N-dealkylation sites (tertiary alicyclic amines) is 1. The number of hydrogen-bond acceptors (Lipinski definition) is 3. The maximum Gasteiger partial charge on any atom is 0.185 e. The Labute approximate surface area is 149 Å². The van der Waals surface area contributed by atoms with Crippen LogP contribution in [0.15, 0.2) is 54.6 Å². The Hall–Kier alpha value is -2.39. The lowest BCUT2D eigenvalue weighted by molar-refractivity contribution is 0.104. The first kappa shape index (κ1) is 17.4. The normalized spacial score (nSPS) is 15.4. The number of methoxy groups -OCH3 is 1. The van der Waals surface area contributed by atoms with Crippen molar-refractivity contribution in [3.63, 3.8) is 0 Å². The molecule has 130 valence electrons. The van der Waals surface area contributed by atoms with Crippen molar-refractivity contribution in [2.45, 2.75) is 25.8 Å². The minimum atomic E-state index is 0.0281. The van der Waals surface area contributed by atoms with Crippen LogP contribution >= 0.6 is 0 Å². The van der Waals surface area contributed by atoms with Gasteiger partial charge >= 0.3 is 0 Å². The molecule has 25 heavy (non-hydrogen) atoms. The average Bonchev–Trinajstić information content (AvgIpc) is 2.68. The van der Waals surface area contributed by atoms with Crippen molar-refractivity contribution in [2.75, 3.05) is 20.2 Å². The van der Waals surface area contributed by atoms with Gasteiger partial charge in [0, 0.05) is 12.1 Å². The van der Waals surface area contributed by atoms with Crippen LogP contribution in [0.2, 0.25) is 0 Å². The van der Waals surface area contributed by atoms with Crippen LogP contribution in [-0.2, 0) is 6.54 Å². The highest BCUT2D eigenvalue weighted by Crippen LogP contribution is 2.15. The van der Waals surface area contributed by atoms with Gasteiger partial charge < -0.3 is 4.74 Å². The van der Waals surface area contributed by atoms with E-state index in [1.54, 1.807) is 13.2 Å². The van der Waals surface area contributed by atoms with Crippen molar-refractivity contribution in [1.82, 2.24) is 4.90 Å². The Morgan fingerprint density at radius 1 is 1.00 bits per heavy atom. The van der Waals surface area contributed by atoms with Gasteiger partial charge in [-0.25, -0.2) is 0 Å². The van der Waals surface area contributed by atoms with Crippen molar-refractivity contribution in [3.8, 4) is 5.75 Å². The number of allylic oxidation sites excluding steroid dienone is 1. The van der Waals surface area contributed by atoms with Gasteiger partial charge in [0.25, 0.3) is 0 Å². The molecule has 0 aliphatic carbocycles. The summed E-state index contributed by atoms with van der Waals surface area (Å²) in [6.45, 7) is 3.35. The fourth-order valence-corrected chi connectivity index (χ4v) is 3.13. The van der Waals surface area contributed by atoms with Gasteiger partial charge in [-0.05, 0) is 55.3 Å². The predicted molar refractivity (Wildman–Crippen MR) is 102 cm³/mol. The summed E-state index contributed by atoms with van der Waals surface area (Å²) in [5, 5.41) is 0. The molecule has 0 unspecified atom stereocenters. The van der Waals surface area contributed by atoms with Crippen molar-refractivity contribution < 1.29 is 9.53 Å². The molecular formula is C22H25NO2. The Kier molecular flexibility index (Phi) is 6.02. The standard InChI is InChI=1S/C22H25NO2/c1-25-21-12-7-18(8-13-21)9-14-22(24)20-10-5-19(6-11-20)17-23-15-3-2-4-16-23/h5-14H,2-4,15-17H2,1H3/b14-9+. The number of ketones is 1. The van der Waals surface area contributed by atoms with E-state index in [2.05, 4.69) is 17.0 Å². The summed E-state index contributed by atoms with van der Waals surface area (Å²) >= 11 is 0. The third-order valence-electron chi connectivity index (χ3n) is 4.64. The molecule has 0 atom stereocenters. The largest absolute Gasteiger partial charge is 0.497 e. The lowest BCUT2D eigenvalue weighted by atomic mass is 10.1. The summed E-state index contributed by atoms with van der Waals surface area (Å²) in [6, 6.07) is 15.7. The average molecular weight is 335 g/mol. The molecule has 1 saturated heterocycles. The molecule has 1 fully saturated rings. The van der Waals surface area contributed by atoms with Crippen LogP contribution in [0.5, 0.6) is 5.75 Å². The second-order valence-corrected chi connectivity index (χ2v) is 6.50. The minimum absolute atomic E-state index is 0.0281. The van der Waals surface area contributed by atoms with Crippen molar-refractivity contribution in [1.29, 1.82) is 0 Å². The van der Waals surface area contributed by atoms with Gasteiger partial charge in [0.05, 0.1) is 7.11 Å². The molecule has 3 heteroatoms. The summed E-state index contributed by atoms with van der Waals surface area (Å²) in [7, 11) is 1.64. The summed E-state index contributed by atoms with van der Waals surface area (Å²) < 4.78 is 5.14. The minimum Gasteiger partial charge on any atom is -0.497 e. The first-order valence-electron chi connectivity index (χ1n) is 8.92. The van der Waals surface area contributed by atoms with Crippen LogP contribution in [0.25, 0.3) is 6.08 Å². The first-order chi connectivity index (χ1) is 12.2. The molecule has 0 bridgehead atoms. The number of hydrogen-bond donors (Lipinski definition) is 0. The summed E-state index contributed by atoms with van der Waals surface area (Å²) in [5.41, 5.74) is 2.99. The number of rotatable bonds is 6. The molecule has 0 aromatic heterocycles. The Balaban J connectivity index is 1.58. The fourth-order valence-electron chi connectivity index (χ4n) is 3.13. The third kappa shape index (κ3) is 5.04. The first-order valence-corrected chi connectivity index (χ1v) is 8.92. The molecular weight excluding hydrogens is 310 g/mol. The number of carbonyl (C=O) groups is 1. The van der Waals surface area contributed by atoms with E-state index in [0.717, 1.165) is 23.4 Å².